The van der Waals surface area contributed by atoms with Crippen molar-refractivity contribution < 1.29 is 9.59 Å². The van der Waals surface area contributed by atoms with Crippen molar-refractivity contribution in [2.75, 3.05) is 29.5 Å². The van der Waals surface area contributed by atoms with E-state index in [4.69, 9.17) is 0 Å². The van der Waals surface area contributed by atoms with Crippen LogP contribution in [0.5, 0.6) is 0 Å². The maximum Gasteiger partial charge on any atom is 0.234 e. The molecular formula is C15H19N3O2S. The Hall–Kier alpha value is -1.53. The number of hydrogen-bond acceptors (Lipinski definition) is 4. The van der Waals surface area contributed by atoms with E-state index in [0.717, 1.165) is 42.2 Å². The Morgan fingerprint density at radius 1 is 1.43 bits per heavy atom. The maximum atomic E-state index is 12.1. The zero-order valence-electron chi connectivity index (χ0n) is 11.8. The zero-order chi connectivity index (χ0) is 14.7. The Labute approximate surface area is 128 Å². The molecule has 21 heavy (non-hydrogen) atoms. The maximum absolute atomic E-state index is 12.1. The van der Waals surface area contributed by atoms with Crippen molar-refractivity contribution in [1.82, 2.24) is 5.32 Å². The number of carbonyl (C=O) groups excluding carboxylic acids is 2. The zero-order valence-corrected chi connectivity index (χ0v) is 12.6. The van der Waals surface area contributed by atoms with Gasteiger partial charge in [0, 0.05) is 17.0 Å². The van der Waals surface area contributed by atoms with Gasteiger partial charge in [-0.05, 0) is 50.0 Å². The third kappa shape index (κ3) is 3.77. The SMILES string of the molecule is O=C(CC1CCCNC1)Nc1ccc2c(c1)NC(=O)CS2. The third-order valence-electron chi connectivity index (χ3n) is 3.77. The Kier molecular flexibility index (Phi) is 4.45. The van der Waals surface area contributed by atoms with Crippen molar-refractivity contribution in [1.29, 1.82) is 0 Å². The number of benzene rings is 1. The van der Waals surface area contributed by atoms with Crippen LogP contribution in [-0.2, 0) is 9.59 Å². The summed E-state index contributed by atoms with van der Waals surface area (Å²) in [6, 6.07) is 5.66. The second kappa shape index (κ2) is 6.49. The minimum Gasteiger partial charge on any atom is -0.326 e. The van der Waals surface area contributed by atoms with Crippen LogP contribution in [0, 0.1) is 5.92 Å². The highest BCUT2D eigenvalue weighted by atomic mass is 32.2. The van der Waals surface area contributed by atoms with E-state index in [-0.39, 0.29) is 11.8 Å². The van der Waals surface area contributed by atoms with Crippen LogP contribution >= 0.6 is 11.8 Å². The summed E-state index contributed by atoms with van der Waals surface area (Å²) < 4.78 is 0. The molecule has 0 aromatic heterocycles. The van der Waals surface area contributed by atoms with Gasteiger partial charge in [-0.2, -0.15) is 0 Å². The van der Waals surface area contributed by atoms with Crippen LogP contribution in [0.15, 0.2) is 23.1 Å². The lowest BCUT2D eigenvalue weighted by atomic mass is 9.96. The molecule has 0 saturated carbocycles. The van der Waals surface area contributed by atoms with E-state index in [2.05, 4.69) is 16.0 Å². The molecule has 1 fully saturated rings. The van der Waals surface area contributed by atoms with Gasteiger partial charge >= 0.3 is 0 Å². The van der Waals surface area contributed by atoms with E-state index < -0.39 is 0 Å². The summed E-state index contributed by atoms with van der Waals surface area (Å²) >= 11 is 1.52. The standard InChI is InChI=1S/C15H19N3O2S/c19-14(6-10-2-1-5-16-8-10)17-11-3-4-13-12(7-11)18-15(20)9-21-13/h3-4,7,10,16H,1-2,5-6,8-9H2,(H,17,19)(H,18,20). The van der Waals surface area contributed by atoms with Crippen molar-refractivity contribution in [2.45, 2.75) is 24.2 Å². The number of rotatable bonds is 3. The predicted octanol–water partition coefficient (Wildman–Crippen LogP) is 2.06. The van der Waals surface area contributed by atoms with Gasteiger partial charge in [-0.1, -0.05) is 0 Å². The lowest BCUT2D eigenvalue weighted by Gasteiger charge is -2.22. The van der Waals surface area contributed by atoms with Crippen LogP contribution in [0.1, 0.15) is 19.3 Å². The number of nitrogens with one attached hydrogen (secondary N) is 3. The van der Waals surface area contributed by atoms with Crippen LogP contribution in [-0.4, -0.2) is 30.7 Å². The fourth-order valence-corrected chi connectivity index (χ4v) is 3.52. The normalized spacial score (nSPS) is 21.3. The van der Waals surface area contributed by atoms with Gasteiger partial charge in [0.05, 0.1) is 11.4 Å². The van der Waals surface area contributed by atoms with Gasteiger partial charge < -0.3 is 16.0 Å². The summed E-state index contributed by atoms with van der Waals surface area (Å²) in [5, 5.41) is 9.08. The van der Waals surface area contributed by atoms with Crippen molar-refractivity contribution in [3.8, 4) is 0 Å². The van der Waals surface area contributed by atoms with Crippen LogP contribution in [0.25, 0.3) is 0 Å². The quantitative estimate of drug-likeness (QED) is 0.799. The van der Waals surface area contributed by atoms with Crippen molar-refractivity contribution in [3.63, 3.8) is 0 Å². The molecule has 0 aliphatic carbocycles. The molecule has 2 aliphatic heterocycles. The second-order valence-electron chi connectivity index (χ2n) is 5.51. The molecule has 1 saturated heterocycles. The molecule has 2 aliphatic rings. The average Bonchev–Trinajstić information content (AvgIpc) is 2.47. The van der Waals surface area contributed by atoms with E-state index in [0.29, 0.717) is 18.1 Å². The number of piperidine rings is 1. The first-order valence-electron chi connectivity index (χ1n) is 7.28. The van der Waals surface area contributed by atoms with Crippen LogP contribution in [0.2, 0.25) is 0 Å². The Bertz CT molecular complexity index is 556. The number of thioether (sulfide) groups is 1. The molecule has 2 amide bonds. The van der Waals surface area contributed by atoms with E-state index in [1.54, 1.807) is 0 Å². The van der Waals surface area contributed by atoms with E-state index >= 15 is 0 Å². The third-order valence-corrected chi connectivity index (χ3v) is 4.84. The molecule has 0 bridgehead atoms. The van der Waals surface area contributed by atoms with Crippen LogP contribution < -0.4 is 16.0 Å². The van der Waals surface area contributed by atoms with E-state index in [9.17, 15) is 9.59 Å². The van der Waals surface area contributed by atoms with Gasteiger partial charge in [-0.3, -0.25) is 9.59 Å². The molecule has 1 aromatic rings. The van der Waals surface area contributed by atoms with Gasteiger partial charge in [0.15, 0.2) is 0 Å². The van der Waals surface area contributed by atoms with E-state index in [1.165, 1.54) is 11.8 Å². The van der Waals surface area contributed by atoms with Gasteiger partial charge in [0.1, 0.15) is 0 Å². The minimum atomic E-state index is 0.00394. The molecule has 6 heteroatoms. The smallest absolute Gasteiger partial charge is 0.234 e. The Balaban J connectivity index is 1.60. The monoisotopic (exact) mass is 305 g/mol. The molecule has 2 heterocycles. The summed E-state index contributed by atoms with van der Waals surface area (Å²) in [7, 11) is 0. The van der Waals surface area contributed by atoms with E-state index in [1.807, 2.05) is 18.2 Å². The van der Waals surface area contributed by atoms with Gasteiger partial charge in [0.25, 0.3) is 0 Å². The van der Waals surface area contributed by atoms with Gasteiger partial charge in [-0.15, -0.1) is 11.8 Å². The average molecular weight is 305 g/mol. The Morgan fingerprint density at radius 3 is 3.14 bits per heavy atom. The van der Waals surface area contributed by atoms with Crippen molar-refractivity contribution in [3.05, 3.63) is 18.2 Å². The molecule has 1 unspecified atom stereocenters. The fourth-order valence-electron chi connectivity index (χ4n) is 2.73. The number of hydrogen-bond donors (Lipinski definition) is 3. The minimum absolute atomic E-state index is 0.00394. The second-order valence-corrected chi connectivity index (χ2v) is 6.53. The molecule has 3 rings (SSSR count). The lowest BCUT2D eigenvalue weighted by molar-refractivity contribution is -0.117. The summed E-state index contributed by atoms with van der Waals surface area (Å²) in [6.45, 7) is 1.98. The molecule has 112 valence electrons. The molecular weight excluding hydrogens is 286 g/mol. The topological polar surface area (TPSA) is 70.2 Å². The summed E-state index contributed by atoms with van der Waals surface area (Å²) in [4.78, 5) is 24.5. The highest BCUT2D eigenvalue weighted by Gasteiger charge is 2.18. The van der Waals surface area contributed by atoms with Gasteiger partial charge in [0.2, 0.25) is 11.8 Å². The van der Waals surface area contributed by atoms with Crippen molar-refractivity contribution in [2.24, 2.45) is 5.92 Å². The van der Waals surface area contributed by atoms with Crippen LogP contribution in [0.3, 0.4) is 0 Å². The molecule has 1 atom stereocenters. The summed E-state index contributed by atoms with van der Waals surface area (Å²) in [6.07, 6.45) is 2.79. The molecule has 0 radical (unpaired) electrons. The lowest BCUT2D eigenvalue weighted by Crippen LogP contribution is -2.32. The van der Waals surface area contributed by atoms with Gasteiger partial charge in [-0.25, -0.2) is 0 Å². The molecule has 3 N–H and O–H groups in total. The number of amides is 2. The first-order chi connectivity index (χ1) is 10.2. The summed E-state index contributed by atoms with van der Waals surface area (Å²) in [5.41, 5.74) is 1.53. The highest BCUT2D eigenvalue weighted by molar-refractivity contribution is 8.00. The highest BCUT2D eigenvalue weighted by Crippen LogP contribution is 2.33. The largest absolute Gasteiger partial charge is 0.326 e. The molecule has 1 aromatic carbocycles. The van der Waals surface area contributed by atoms with Crippen molar-refractivity contribution >= 4 is 35.0 Å². The first-order valence-corrected chi connectivity index (χ1v) is 8.26. The number of fused-ring (bicyclic) bond motifs is 1. The fraction of sp³-hybridized carbons (Fsp3) is 0.467. The van der Waals surface area contributed by atoms with Crippen LogP contribution in [0.4, 0.5) is 11.4 Å². The number of anilines is 2. The summed E-state index contributed by atoms with van der Waals surface area (Å²) in [5.74, 6) is 0.919. The predicted molar refractivity (Wildman–Crippen MR) is 84.6 cm³/mol. The first kappa shape index (κ1) is 14.4. The Morgan fingerprint density at radius 2 is 2.33 bits per heavy atom. The molecule has 5 nitrogen and oxygen atoms in total. The molecule has 0 spiro atoms. The number of carbonyl (C=O) groups is 2.